The second-order valence-corrected chi connectivity index (χ2v) is 5.76. The minimum Gasteiger partial charge on any atom is -0.493 e. The van der Waals surface area contributed by atoms with Crippen LogP contribution in [0.15, 0.2) is 42.5 Å². The van der Waals surface area contributed by atoms with Gasteiger partial charge in [0.1, 0.15) is 11.5 Å². The monoisotopic (exact) mass is 343 g/mol. The Morgan fingerprint density at radius 3 is 2.60 bits per heavy atom. The van der Waals surface area contributed by atoms with Crippen molar-refractivity contribution in [3.8, 4) is 11.5 Å². The van der Waals surface area contributed by atoms with E-state index in [2.05, 4.69) is 0 Å². The lowest BCUT2D eigenvalue weighted by atomic mass is 10.2. The minimum atomic E-state index is -0.366. The molecular weight excluding hydrogens is 318 g/mol. The molecule has 0 heterocycles. The molecule has 2 rings (SSSR count). The molecule has 0 atom stereocenters. The van der Waals surface area contributed by atoms with Gasteiger partial charge in [-0.05, 0) is 49.2 Å². The fraction of sp³-hybridized carbons (Fsp3) is 0.350. The lowest BCUT2D eigenvalue weighted by molar-refractivity contribution is 0.0504. The van der Waals surface area contributed by atoms with Crippen molar-refractivity contribution >= 4 is 11.7 Å². The zero-order chi connectivity index (χ0) is 18.1. The summed E-state index contributed by atoms with van der Waals surface area (Å²) < 4.78 is 16.5. The van der Waals surface area contributed by atoms with E-state index >= 15 is 0 Å². The van der Waals surface area contributed by atoms with Gasteiger partial charge in [-0.1, -0.05) is 19.1 Å². The van der Waals surface area contributed by atoms with E-state index in [9.17, 15) is 4.79 Å². The number of hydrogen-bond acceptors (Lipinski definition) is 5. The molecule has 0 radical (unpaired) electrons. The first kappa shape index (κ1) is 18.6. The van der Waals surface area contributed by atoms with Gasteiger partial charge in [0, 0.05) is 6.42 Å². The molecule has 0 fully saturated rings. The van der Waals surface area contributed by atoms with Gasteiger partial charge < -0.3 is 19.9 Å². The lowest BCUT2D eigenvalue weighted by Gasteiger charge is -2.11. The van der Waals surface area contributed by atoms with Gasteiger partial charge in [-0.2, -0.15) is 0 Å². The van der Waals surface area contributed by atoms with E-state index in [1.807, 2.05) is 38.1 Å². The van der Waals surface area contributed by atoms with Gasteiger partial charge in [-0.15, -0.1) is 0 Å². The molecule has 0 amide bonds. The number of nitrogen functional groups attached to an aromatic ring is 1. The Morgan fingerprint density at radius 1 is 1.04 bits per heavy atom. The summed E-state index contributed by atoms with van der Waals surface area (Å²) >= 11 is 0. The predicted molar refractivity (Wildman–Crippen MR) is 98.2 cm³/mol. The first-order valence-corrected chi connectivity index (χ1v) is 8.49. The van der Waals surface area contributed by atoms with Crippen LogP contribution in [-0.2, 0) is 4.74 Å². The van der Waals surface area contributed by atoms with Crippen molar-refractivity contribution < 1.29 is 19.0 Å². The highest BCUT2D eigenvalue weighted by Gasteiger charge is 2.10. The van der Waals surface area contributed by atoms with Crippen LogP contribution in [0.2, 0.25) is 0 Å². The standard InChI is InChI=1S/C20H25NO4/c1-3-10-25-20(22)16-8-9-18(21)19(14-16)24-12-5-11-23-17-7-4-6-15(2)13-17/h4,6-9,13-14H,3,5,10-12,21H2,1-2H3. The van der Waals surface area contributed by atoms with Crippen LogP contribution < -0.4 is 15.2 Å². The van der Waals surface area contributed by atoms with Gasteiger partial charge >= 0.3 is 5.97 Å². The molecule has 0 saturated heterocycles. The molecule has 2 aromatic carbocycles. The summed E-state index contributed by atoms with van der Waals surface area (Å²) in [5.74, 6) is 0.969. The number of carbonyl (C=O) groups is 1. The second kappa shape index (κ2) is 9.57. The Morgan fingerprint density at radius 2 is 1.84 bits per heavy atom. The van der Waals surface area contributed by atoms with Crippen LogP contribution in [0.1, 0.15) is 35.7 Å². The zero-order valence-corrected chi connectivity index (χ0v) is 14.8. The van der Waals surface area contributed by atoms with Gasteiger partial charge in [-0.3, -0.25) is 0 Å². The minimum absolute atomic E-state index is 0.366. The Bertz CT molecular complexity index is 700. The van der Waals surface area contributed by atoms with E-state index in [1.165, 1.54) is 0 Å². The largest absolute Gasteiger partial charge is 0.493 e. The van der Waals surface area contributed by atoms with Crippen LogP contribution in [0.5, 0.6) is 11.5 Å². The fourth-order valence-corrected chi connectivity index (χ4v) is 2.20. The highest BCUT2D eigenvalue weighted by molar-refractivity contribution is 5.90. The number of aryl methyl sites for hydroxylation is 1. The second-order valence-electron chi connectivity index (χ2n) is 5.76. The number of rotatable bonds is 9. The quantitative estimate of drug-likeness (QED) is 0.423. The zero-order valence-electron chi connectivity index (χ0n) is 14.8. The van der Waals surface area contributed by atoms with Gasteiger partial charge in [-0.25, -0.2) is 4.79 Å². The van der Waals surface area contributed by atoms with Crippen molar-refractivity contribution in [1.82, 2.24) is 0 Å². The number of ether oxygens (including phenoxy) is 3. The normalized spacial score (nSPS) is 10.3. The van der Waals surface area contributed by atoms with E-state index in [1.54, 1.807) is 18.2 Å². The third kappa shape index (κ3) is 6.03. The summed E-state index contributed by atoms with van der Waals surface area (Å²) in [5, 5.41) is 0. The molecule has 2 aromatic rings. The van der Waals surface area contributed by atoms with E-state index in [0.29, 0.717) is 43.2 Å². The summed E-state index contributed by atoms with van der Waals surface area (Å²) in [6.07, 6.45) is 1.49. The first-order chi connectivity index (χ1) is 12.1. The van der Waals surface area contributed by atoms with Gasteiger partial charge in [0.15, 0.2) is 0 Å². The highest BCUT2D eigenvalue weighted by atomic mass is 16.5. The molecular formula is C20H25NO4. The number of nitrogens with two attached hydrogens (primary N) is 1. The SMILES string of the molecule is CCCOC(=O)c1ccc(N)c(OCCCOc2cccc(C)c2)c1. The predicted octanol–water partition coefficient (Wildman–Crippen LogP) is 3.99. The van der Waals surface area contributed by atoms with Crippen molar-refractivity contribution in [1.29, 1.82) is 0 Å². The number of esters is 1. The Balaban J connectivity index is 1.80. The number of benzene rings is 2. The van der Waals surface area contributed by atoms with Crippen LogP contribution in [0.3, 0.4) is 0 Å². The molecule has 0 unspecified atom stereocenters. The van der Waals surface area contributed by atoms with Crippen molar-refractivity contribution in [3.05, 3.63) is 53.6 Å². The maximum absolute atomic E-state index is 11.9. The average Bonchev–Trinajstić information content (AvgIpc) is 2.61. The van der Waals surface area contributed by atoms with Crippen LogP contribution >= 0.6 is 0 Å². The Labute approximate surface area is 148 Å². The van der Waals surface area contributed by atoms with Crippen molar-refractivity contribution in [2.24, 2.45) is 0 Å². The van der Waals surface area contributed by atoms with Crippen molar-refractivity contribution in [2.45, 2.75) is 26.7 Å². The summed E-state index contributed by atoms with van der Waals surface area (Å²) in [6.45, 7) is 5.36. The summed E-state index contributed by atoms with van der Waals surface area (Å²) in [7, 11) is 0. The molecule has 5 nitrogen and oxygen atoms in total. The number of anilines is 1. The van der Waals surface area contributed by atoms with Crippen molar-refractivity contribution in [2.75, 3.05) is 25.6 Å². The third-order valence-corrected chi connectivity index (χ3v) is 3.49. The van der Waals surface area contributed by atoms with Gasteiger partial charge in [0.05, 0.1) is 31.1 Å². The molecule has 0 aliphatic carbocycles. The molecule has 0 aromatic heterocycles. The summed E-state index contributed by atoms with van der Waals surface area (Å²) in [5.41, 5.74) is 8.00. The molecule has 0 bridgehead atoms. The van der Waals surface area contributed by atoms with Crippen LogP contribution in [0, 0.1) is 6.92 Å². The smallest absolute Gasteiger partial charge is 0.338 e. The average molecular weight is 343 g/mol. The molecule has 0 saturated carbocycles. The topological polar surface area (TPSA) is 70.8 Å². The number of hydrogen-bond donors (Lipinski definition) is 1. The maximum Gasteiger partial charge on any atom is 0.338 e. The van der Waals surface area contributed by atoms with E-state index in [-0.39, 0.29) is 5.97 Å². The summed E-state index contributed by atoms with van der Waals surface area (Å²) in [4.78, 5) is 11.9. The van der Waals surface area contributed by atoms with Crippen LogP contribution in [-0.4, -0.2) is 25.8 Å². The van der Waals surface area contributed by atoms with Crippen LogP contribution in [0.25, 0.3) is 0 Å². The molecule has 5 heteroatoms. The molecule has 134 valence electrons. The van der Waals surface area contributed by atoms with Gasteiger partial charge in [0.25, 0.3) is 0 Å². The van der Waals surface area contributed by atoms with Crippen LogP contribution in [0.4, 0.5) is 5.69 Å². The number of carbonyl (C=O) groups excluding carboxylic acids is 1. The van der Waals surface area contributed by atoms with E-state index < -0.39 is 0 Å². The molecule has 0 aliphatic heterocycles. The first-order valence-electron chi connectivity index (χ1n) is 8.49. The van der Waals surface area contributed by atoms with E-state index in [0.717, 1.165) is 17.7 Å². The fourth-order valence-electron chi connectivity index (χ4n) is 2.20. The lowest BCUT2D eigenvalue weighted by Crippen LogP contribution is -2.09. The summed E-state index contributed by atoms with van der Waals surface area (Å²) in [6, 6.07) is 12.8. The maximum atomic E-state index is 11.9. The third-order valence-electron chi connectivity index (χ3n) is 3.49. The highest BCUT2D eigenvalue weighted by Crippen LogP contribution is 2.23. The molecule has 25 heavy (non-hydrogen) atoms. The van der Waals surface area contributed by atoms with Gasteiger partial charge in [0.2, 0.25) is 0 Å². The molecule has 2 N–H and O–H groups in total. The van der Waals surface area contributed by atoms with E-state index in [4.69, 9.17) is 19.9 Å². The van der Waals surface area contributed by atoms with Crippen molar-refractivity contribution in [3.63, 3.8) is 0 Å². The Hall–Kier alpha value is -2.69. The molecule has 0 aliphatic rings. The Kier molecular flexibility index (Phi) is 7.14. The molecule has 0 spiro atoms.